The number of ether oxygens (including phenoxy) is 2. The predicted octanol–water partition coefficient (Wildman–Crippen LogP) is 2.36. The summed E-state index contributed by atoms with van der Waals surface area (Å²) in [5.41, 5.74) is 5.16. The van der Waals surface area contributed by atoms with E-state index in [1.54, 1.807) is 12.1 Å². The van der Waals surface area contributed by atoms with Crippen LogP contribution in [-0.4, -0.2) is 35.3 Å². The van der Waals surface area contributed by atoms with Crippen LogP contribution in [-0.2, 0) is 19.1 Å². The largest absolute Gasteiger partial charge is 0.481 e. The summed E-state index contributed by atoms with van der Waals surface area (Å²) in [7, 11) is 0. The first kappa shape index (κ1) is 20.1. The number of carbonyl (C=O) groups is 3. The molecule has 2 aromatic rings. The van der Waals surface area contributed by atoms with E-state index in [0.29, 0.717) is 18.4 Å². The molecule has 3 N–H and O–H groups in total. The van der Waals surface area contributed by atoms with Crippen LogP contribution in [0.2, 0.25) is 0 Å². The number of carboxylic acid groups (broad SMARTS) is 1. The molecule has 8 heteroatoms. The number of carbonyl (C=O) groups excluding carboxylic acids is 2. The summed E-state index contributed by atoms with van der Waals surface area (Å²) in [6, 6.07) is 12.7. The van der Waals surface area contributed by atoms with Crippen LogP contribution in [0.1, 0.15) is 23.2 Å². The zero-order valence-corrected chi connectivity index (χ0v) is 15.7. The lowest BCUT2D eigenvalue weighted by Gasteiger charge is -2.24. The van der Waals surface area contributed by atoms with Crippen LogP contribution in [0.15, 0.2) is 42.5 Å². The molecule has 7 nitrogen and oxygen atoms in total. The van der Waals surface area contributed by atoms with Crippen LogP contribution in [0.5, 0.6) is 0 Å². The van der Waals surface area contributed by atoms with Gasteiger partial charge in [-0.1, -0.05) is 30.3 Å². The van der Waals surface area contributed by atoms with E-state index in [-0.39, 0.29) is 18.3 Å². The molecule has 0 radical (unpaired) electrons. The lowest BCUT2D eigenvalue weighted by atomic mass is 9.92. The van der Waals surface area contributed by atoms with E-state index in [4.69, 9.17) is 20.3 Å². The predicted molar refractivity (Wildman–Crippen MR) is 102 cm³/mol. The van der Waals surface area contributed by atoms with Crippen molar-refractivity contribution in [3.8, 4) is 0 Å². The van der Waals surface area contributed by atoms with Crippen LogP contribution in [0.4, 0.5) is 0 Å². The summed E-state index contributed by atoms with van der Waals surface area (Å²) in [6.07, 6.45) is 0.966. The number of benzene rings is 2. The van der Waals surface area contributed by atoms with Gasteiger partial charge in [0.25, 0.3) is 0 Å². The molecule has 0 heterocycles. The molecule has 0 spiro atoms. The van der Waals surface area contributed by atoms with Gasteiger partial charge in [-0.15, -0.1) is 12.4 Å². The summed E-state index contributed by atoms with van der Waals surface area (Å²) in [6.45, 7) is -0.557. The molecule has 28 heavy (non-hydrogen) atoms. The van der Waals surface area contributed by atoms with Crippen molar-refractivity contribution in [2.45, 2.75) is 18.4 Å². The number of nitrogens with two attached hydrogens (primary N) is 1. The average molecular weight is 406 g/mol. The van der Waals surface area contributed by atoms with E-state index in [2.05, 4.69) is 0 Å². The molecule has 148 valence electrons. The first-order chi connectivity index (χ1) is 12.9. The molecule has 0 amide bonds. The summed E-state index contributed by atoms with van der Waals surface area (Å²) < 4.78 is 10.1. The molecule has 0 saturated heterocycles. The molecule has 2 saturated carbocycles. The SMILES string of the molecule is Cl.N[C@@]1(C(=O)OCOC(=O)c2ccc3ccccc3c2)CC[C@H]2[C@H](C(=O)O)[C@H]21. The zero-order chi connectivity index (χ0) is 19.2. The van der Waals surface area contributed by atoms with E-state index in [9.17, 15) is 14.4 Å². The maximum absolute atomic E-state index is 12.3. The molecule has 4 atom stereocenters. The van der Waals surface area contributed by atoms with Crippen LogP contribution < -0.4 is 5.73 Å². The van der Waals surface area contributed by atoms with Gasteiger partial charge < -0.3 is 20.3 Å². The molecule has 4 rings (SSSR count). The third-order valence-electron chi connectivity index (χ3n) is 5.69. The van der Waals surface area contributed by atoms with Crippen LogP contribution in [0.3, 0.4) is 0 Å². The highest BCUT2D eigenvalue weighted by molar-refractivity contribution is 5.95. The summed E-state index contributed by atoms with van der Waals surface area (Å²) in [4.78, 5) is 35.7. The highest BCUT2D eigenvalue weighted by Gasteiger charge is 2.70. The molecule has 0 aliphatic heterocycles. The number of fused-ring (bicyclic) bond motifs is 2. The fourth-order valence-electron chi connectivity index (χ4n) is 4.25. The minimum atomic E-state index is -1.32. The Morgan fingerprint density at radius 3 is 2.50 bits per heavy atom. The van der Waals surface area contributed by atoms with Crippen molar-refractivity contribution in [2.75, 3.05) is 6.79 Å². The lowest BCUT2D eigenvalue weighted by Crippen LogP contribution is -2.50. The fourth-order valence-corrected chi connectivity index (χ4v) is 4.25. The molecule has 2 fully saturated rings. The Morgan fingerprint density at radius 1 is 1.11 bits per heavy atom. The number of halogens is 1. The Morgan fingerprint density at radius 2 is 1.82 bits per heavy atom. The number of esters is 2. The molecule has 2 aromatic carbocycles. The van der Waals surface area contributed by atoms with Crippen LogP contribution >= 0.6 is 12.4 Å². The van der Waals surface area contributed by atoms with Gasteiger partial charge in [-0.2, -0.15) is 0 Å². The first-order valence-corrected chi connectivity index (χ1v) is 8.76. The molecular weight excluding hydrogens is 386 g/mol. The van der Waals surface area contributed by atoms with Crippen molar-refractivity contribution in [2.24, 2.45) is 23.5 Å². The summed E-state index contributed by atoms with van der Waals surface area (Å²) >= 11 is 0. The van der Waals surface area contributed by atoms with Gasteiger partial charge in [-0.3, -0.25) is 4.79 Å². The summed E-state index contributed by atoms with van der Waals surface area (Å²) in [5.74, 6) is -3.32. The number of aliphatic carboxylic acids is 1. The van der Waals surface area contributed by atoms with E-state index < -0.39 is 42.1 Å². The second-order valence-electron chi connectivity index (χ2n) is 7.18. The Balaban J connectivity index is 0.00000225. The maximum Gasteiger partial charge on any atom is 0.341 e. The molecule has 0 aromatic heterocycles. The van der Waals surface area contributed by atoms with Gasteiger partial charge in [0, 0.05) is 5.92 Å². The maximum atomic E-state index is 12.3. The standard InChI is InChI=1S/C20H19NO6.ClH/c21-20(8-7-14-15(16(14)20)17(22)23)19(25)27-10-26-18(24)13-6-5-11-3-1-2-4-12(11)9-13;/h1-6,9,14-16H,7-8,10,21H2,(H,22,23);1H/t14-,15-,16-,20-;/m0./s1. The molecular formula is C20H20ClNO6. The van der Waals surface area contributed by atoms with Gasteiger partial charge in [0.2, 0.25) is 6.79 Å². The van der Waals surface area contributed by atoms with Gasteiger partial charge in [0.1, 0.15) is 5.54 Å². The van der Waals surface area contributed by atoms with Gasteiger partial charge in [0.15, 0.2) is 0 Å². The van der Waals surface area contributed by atoms with Crippen molar-refractivity contribution in [3.05, 3.63) is 48.0 Å². The highest BCUT2D eigenvalue weighted by Crippen LogP contribution is 2.61. The summed E-state index contributed by atoms with van der Waals surface area (Å²) in [5, 5.41) is 11.0. The van der Waals surface area contributed by atoms with Gasteiger partial charge in [0.05, 0.1) is 11.5 Å². The van der Waals surface area contributed by atoms with Crippen molar-refractivity contribution < 1.29 is 29.0 Å². The molecule has 0 bridgehead atoms. The van der Waals surface area contributed by atoms with Crippen molar-refractivity contribution >= 4 is 41.1 Å². The molecule has 2 aliphatic rings. The molecule has 2 aliphatic carbocycles. The van der Waals surface area contributed by atoms with Gasteiger partial charge in [-0.05, 0) is 41.7 Å². The quantitative estimate of drug-likeness (QED) is 0.579. The van der Waals surface area contributed by atoms with Crippen molar-refractivity contribution in [3.63, 3.8) is 0 Å². The van der Waals surface area contributed by atoms with Gasteiger partial charge >= 0.3 is 17.9 Å². The van der Waals surface area contributed by atoms with Crippen molar-refractivity contribution in [1.82, 2.24) is 0 Å². The Bertz CT molecular complexity index is 947. The Labute approximate surface area is 167 Å². The van der Waals surface area contributed by atoms with Gasteiger partial charge in [-0.25, -0.2) is 9.59 Å². The Kier molecular flexibility index (Phi) is 5.32. The highest BCUT2D eigenvalue weighted by atomic mass is 35.5. The number of hydrogen-bond donors (Lipinski definition) is 2. The minimum absolute atomic E-state index is 0. The average Bonchev–Trinajstić information content (AvgIpc) is 3.32. The zero-order valence-electron chi connectivity index (χ0n) is 14.9. The first-order valence-electron chi connectivity index (χ1n) is 8.76. The normalized spacial score (nSPS) is 27.4. The van der Waals surface area contributed by atoms with Crippen LogP contribution in [0.25, 0.3) is 10.8 Å². The monoisotopic (exact) mass is 405 g/mol. The van der Waals surface area contributed by atoms with Crippen LogP contribution in [0, 0.1) is 17.8 Å². The number of rotatable bonds is 5. The van der Waals surface area contributed by atoms with E-state index in [0.717, 1.165) is 10.8 Å². The smallest absolute Gasteiger partial charge is 0.341 e. The number of carboxylic acids is 1. The third-order valence-corrected chi connectivity index (χ3v) is 5.69. The van der Waals surface area contributed by atoms with E-state index in [1.165, 1.54) is 0 Å². The minimum Gasteiger partial charge on any atom is -0.481 e. The fraction of sp³-hybridized carbons (Fsp3) is 0.350. The number of hydrogen-bond acceptors (Lipinski definition) is 6. The van der Waals surface area contributed by atoms with Crippen molar-refractivity contribution in [1.29, 1.82) is 0 Å². The second-order valence-corrected chi connectivity index (χ2v) is 7.18. The van der Waals surface area contributed by atoms with E-state index >= 15 is 0 Å². The Hall–Kier alpha value is -2.64. The lowest BCUT2D eigenvalue weighted by molar-refractivity contribution is -0.160. The van der Waals surface area contributed by atoms with E-state index in [1.807, 2.05) is 30.3 Å². The topological polar surface area (TPSA) is 116 Å². The second kappa shape index (κ2) is 7.41. The third kappa shape index (κ3) is 3.31. The molecule has 0 unspecified atom stereocenters.